The molecule has 0 aromatic carbocycles. The highest BCUT2D eigenvalue weighted by atomic mass is 35.5. The van der Waals surface area contributed by atoms with E-state index >= 15 is 0 Å². The fourth-order valence-electron chi connectivity index (χ4n) is 1.58. The van der Waals surface area contributed by atoms with Crippen LogP contribution in [0, 0.1) is 5.41 Å². The molecular formula is C12H20ClN3O. The van der Waals surface area contributed by atoms with E-state index in [1.807, 2.05) is 0 Å². The topological polar surface area (TPSA) is 46.9 Å². The second-order valence-corrected chi connectivity index (χ2v) is 6.09. The van der Waals surface area contributed by atoms with Crippen molar-refractivity contribution in [1.82, 2.24) is 15.1 Å². The summed E-state index contributed by atoms with van der Waals surface area (Å²) >= 11 is 6.17. The highest BCUT2D eigenvalue weighted by Gasteiger charge is 2.17. The molecule has 1 unspecified atom stereocenters. The molecule has 0 saturated carbocycles. The van der Waals surface area contributed by atoms with Crippen molar-refractivity contribution in [2.75, 3.05) is 6.54 Å². The third-order valence-corrected chi connectivity index (χ3v) is 2.59. The summed E-state index contributed by atoms with van der Waals surface area (Å²) in [5, 5.41) is 6.71. The number of halogens is 1. The molecule has 4 nitrogen and oxygen atoms in total. The summed E-state index contributed by atoms with van der Waals surface area (Å²) in [5.41, 5.74) is 0.734. The van der Waals surface area contributed by atoms with E-state index in [2.05, 4.69) is 31.2 Å². The molecule has 0 bridgehead atoms. The van der Waals surface area contributed by atoms with Crippen molar-refractivity contribution in [3.63, 3.8) is 0 Å². The number of hydrogen-bond acceptors (Lipinski definition) is 2. The lowest BCUT2D eigenvalue weighted by molar-refractivity contribution is 0.0952. The molecule has 0 radical (unpaired) electrons. The Labute approximate surface area is 107 Å². The van der Waals surface area contributed by atoms with E-state index in [1.165, 1.54) is 0 Å². The van der Waals surface area contributed by atoms with Crippen LogP contribution in [0.5, 0.6) is 0 Å². The van der Waals surface area contributed by atoms with E-state index < -0.39 is 0 Å². The maximum Gasteiger partial charge on any atom is 0.254 e. The normalized spacial score (nSPS) is 13.5. The number of hydrogen-bond donors (Lipinski definition) is 1. The lowest BCUT2D eigenvalue weighted by Gasteiger charge is -2.21. The molecule has 0 aliphatic heterocycles. The lowest BCUT2D eigenvalue weighted by Crippen LogP contribution is -2.31. The molecule has 1 atom stereocenters. The van der Waals surface area contributed by atoms with Crippen LogP contribution in [-0.2, 0) is 7.05 Å². The van der Waals surface area contributed by atoms with Crippen molar-refractivity contribution < 1.29 is 4.79 Å². The van der Waals surface area contributed by atoms with E-state index in [4.69, 9.17) is 11.6 Å². The van der Waals surface area contributed by atoms with Gasteiger partial charge in [0.15, 0.2) is 0 Å². The van der Waals surface area contributed by atoms with Gasteiger partial charge in [0.05, 0.1) is 17.1 Å². The van der Waals surface area contributed by atoms with Gasteiger partial charge in [-0.15, -0.1) is 11.6 Å². The van der Waals surface area contributed by atoms with Crippen LogP contribution < -0.4 is 5.32 Å². The first-order valence-corrected chi connectivity index (χ1v) is 6.12. The van der Waals surface area contributed by atoms with Gasteiger partial charge in [-0.25, -0.2) is 0 Å². The quantitative estimate of drug-likeness (QED) is 0.841. The standard InChI is InChI=1S/C12H20ClN3O/c1-12(2,3)5-10(13)7-14-11(17)9-6-15-16(4)8-9/h6,8,10H,5,7H2,1-4H3,(H,14,17). The minimum atomic E-state index is -0.127. The van der Waals surface area contributed by atoms with Crippen LogP contribution in [0.3, 0.4) is 0 Å². The zero-order valence-electron chi connectivity index (χ0n) is 10.8. The number of carbonyl (C=O) groups is 1. The number of aromatic nitrogens is 2. The lowest BCUT2D eigenvalue weighted by atomic mass is 9.90. The monoisotopic (exact) mass is 257 g/mol. The summed E-state index contributed by atoms with van der Waals surface area (Å²) in [6.45, 7) is 6.87. The van der Waals surface area contributed by atoms with Crippen LogP contribution in [0.25, 0.3) is 0 Å². The summed E-state index contributed by atoms with van der Waals surface area (Å²) < 4.78 is 1.60. The molecule has 5 heteroatoms. The van der Waals surface area contributed by atoms with E-state index in [0.717, 1.165) is 6.42 Å². The van der Waals surface area contributed by atoms with Gasteiger partial charge in [0, 0.05) is 19.8 Å². The van der Waals surface area contributed by atoms with Gasteiger partial charge in [0.25, 0.3) is 5.91 Å². The third-order valence-electron chi connectivity index (χ3n) is 2.29. The maximum atomic E-state index is 11.7. The first-order chi connectivity index (χ1) is 7.78. The first-order valence-electron chi connectivity index (χ1n) is 5.69. The molecule has 1 rings (SSSR count). The van der Waals surface area contributed by atoms with E-state index in [-0.39, 0.29) is 16.7 Å². The summed E-state index contributed by atoms with van der Waals surface area (Å²) in [6, 6.07) is 0. The van der Waals surface area contributed by atoms with Crippen LogP contribution in [0.4, 0.5) is 0 Å². The van der Waals surface area contributed by atoms with E-state index in [9.17, 15) is 4.79 Å². The molecule has 17 heavy (non-hydrogen) atoms. The molecule has 1 aromatic heterocycles. The van der Waals surface area contributed by atoms with Crippen molar-refractivity contribution in [3.8, 4) is 0 Å². The fourth-order valence-corrected chi connectivity index (χ4v) is 2.12. The van der Waals surface area contributed by atoms with Gasteiger partial charge in [0.1, 0.15) is 0 Å². The zero-order valence-corrected chi connectivity index (χ0v) is 11.6. The van der Waals surface area contributed by atoms with Gasteiger partial charge in [-0.1, -0.05) is 20.8 Å². The zero-order chi connectivity index (χ0) is 13.1. The molecule has 96 valence electrons. The van der Waals surface area contributed by atoms with Gasteiger partial charge >= 0.3 is 0 Å². The van der Waals surface area contributed by atoms with Crippen LogP contribution in [-0.4, -0.2) is 27.6 Å². The predicted molar refractivity (Wildman–Crippen MR) is 69.3 cm³/mol. The molecule has 0 saturated heterocycles. The van der Waals surface area contributed by atoms with E-state index in [1.54, 1.807) is 24.1 Å². The second kappa shape index (κ2) is 5.54. The van der Waals surface area contributed by atoms with Crippen LogP contribution in [0.1, 0.15) is 37.6 Å². The Balaban J connectivity index is 2.38. The highest BCUT2D eigenvalue weighted by molar-refractivity contribution is 6.21. The first kappa shape index (κ1) is 14.0. The second-order valence-electron chi connectivity index (χ2n) is 5.47. The minimum absolute atomic E-state index is 0.0457. The molecule has 1 heterocycles. The van der Waals surface area contributed by atoms with Gasteiger partial charge in [-0.2, -0.15) is 5.10 Å². The number of carbonyl (C=O) groups excluding carboxylic acids is 1. The van der Waals surface area contributed by atoms with Crippen molar-refractivity contribution in [3.05, 3.63) is 18.0 Å². The number of amides is 1. The molecule has 1 amide bonds. The average Bonchev–Trinajstić information content (AvgIpc) is 2.58. The summed E-state index contributed by atoms with van der Waals surface area (Å²) in [5.74, 6) is -0.127. The minimum Gasteiger partial charge on any atom is -0.350 e. The summed E-state index contributed by atoms with van der Waals surface area (Å²) in [6.07, 6.45) is 4.09. The Bertz CT molecular complexity index is 381. The number of nitrogens with one attached hydrogen (secondary N) is 1. The Kier molecular flexibility index (Phi) is 4.57. The predicted octanol–water partition coefficient (Wildman–Crippen LogP) is 2.19. The number of alkyl halides is 1. The van der Waals surface area contributed by atoms with Crippen LogP contribution in [0.2, 0.25) is 0 Å². The smallest absolute Gasteiger partial charge is 0.254 e. The van der Waals surface area contributed by atoms with Gasteiger partial charge in [-0.05, 0) is 11.8 Å². The Morgan fingerprint density at radius 1 is 1.59 bits per heavy atom. The number of nitrogens with zero attached hydrogens (tertiary/aromatic N) is 2. The van der Waals surface area contributed by atoms with Gasteiger partial charge in [-0.3, -0.25) is 9.48 Å². The Morgan fingerprint density at radius 3 is 2.71 bits per heavy atom. The summed E-state index contributed by atoms with van der Waals surface area (Å²) in [4.78, 5) is 11.7. The largest absolute Gasteiger partial charge is 0.350 e. The molecule has 0 fully saturated rings. The molecular weight excluding hydrogens is 238 g/mol. The van der Waals surface area contributed by atoms with E-state index in [0.29, 0.717) is 12.1 Å². The van der Waals surface area contributed by atoms with Gasteiger partial charge < -0.3 is 5.32 Å². The Hall–Kier alpha value is -1.03. The average molecular weight is 258 g/mol. The SMILES string of the molecule is Cn1cc(C(=O)NCC(Cl)CC(C)(C)C)cn1. The highest BCUT2D eigenvalue weighted by Crippen LogP contribution is 2.23. The van der Waals surface area contributed by atoms with Crippen LogP contribution >= 0.6 is 11.6 Å². The van der Waals surface area contributed by atoms with Gasteiger partial charge in [0.2, 0.25) is 0 Å². The molecule has 1 aromatic rings. The molecule has 0 spiro atoms. The maximum absolute atomic E-state index is 11.7. The van der Waals surface area contributed by atoms with Crippen molar-refractivity contribution >= 4 is 17.5 Å². The van der Waals surface area contributed by atoms with Crippen LogP contribution in [0.15, 0.2) is 12.4 Å². The number of aryl methyl sites for hydroxylation is 1. The third kappa shape index (κ3) is 5.22. The fraction of sp³-hybridized carbons (Fsp3) is 0.667. The van der Waals surface area contributed by atoms with Crippen molar-refractivity contribution in [1.29, 1.82) is 0 Å². The molecule has 1 N–H and O–H groups in total. The van der Waals surface area contributed by atoms with Crippen molar-refractivity contribution in [2.45, 2.75) is 32.6 Å². The van der Waals surface area contributed by atoms with Crippen molar-refractivity contribution in [2.24, 2.45) is 12.5 Å². The number of rotatable bonds is 4. The molecule has 0 aliphatic carbocycles. The summed E-state index contributed by atoms with van der Waals surface area (Å²) in [7, 11) is 1.78. The Morgan fingerprint density at radius 2 is 2.24 bits per heavy atom. The molecule has 0 aliphatic rings.